The number of allylic oxidation sites excluding steroid dienone is 3. The second kappa shape index (κ2) is 5.28. The van der Waals surface area contributed by atoms with Crippen LogP contribution in [0.2, 0.25) is 0 Å². The molecule has 0 saturated carbocycles. The predicted molar refractivity (Wildman–Crippen MR) is 48.0 cm³/mol. The smallest absolute Gasteiger partial charge is 0.0196 e. The van der Waals surface area contributed by atoms with Crippen LogP contribution >= 0.6 is 0 Å². The summed E-state index contributed by atoms with van der Waals surface area (Å²) in [6, 6.07) is 0. The van der Waals surface area contributed by atoms with Crippen LogP contribution in [0.1, 0.15) is 33.6 Å². The van der Waals surface area contributed by atoms with Crippen molar-refractivity contribution in [2.24, 2.45) is 5.92 Å². The first kappa shape index (κ1) is 9.48. The first-order valence-corrected chi connectivity index (χ1v) is 4.08. The van der Waals surface area contributed by atoms with Crippen molar-refractivity contribution in [2.75, 3.05) is 0 Å². The second-order valence-electron chi connectivity index (χ2n) is 2.63. The first-order chi connectivity index (χ1) is 4.76. The normalized spacial score (nSPS) is 14.9. The quantitative estimate of drug-likeness (QED) is 0.521. The van der Waals surface area contributed by atoms with Crippen LogP contribution in [0.3, 0.4) is 0 Å². The van der Waals surface area contributed by atoms with Crippen molar-refractivity contribution in [3.8, 4) is 0 Å². The van der Waals surface area contributed by atoms with Crippen molar-refractivity contribution in [2.45, 2.75) is 33.6 Å². The van der Waals surface area contributed by atoms with E-state index in [1.165, 1.54) is 12.0 Å². The van der Waals surface area contributed by atoms with Gasteiger partial charge in [-0.1, -0.05) is 39.5 Å². The molecule has 0 aliphatic carbocycles. The lowest BCUT2D eigenvalue weighted by Gasteiger charge is -2.08. The van der Waals surface area contributed by atoms with Gasteiger partial charge in [0.25, 0.3) is 0 Å². The summed E-state index contributed by atoms with van der Waals surface area (Å²) in [5.74, 6) is 0.678. The van der Waals surface area contributed by atoms with Crippen molar-refractivity contribution >= 4 is 0 Å². The molecule has 58 valence electrons. The summed E-state index contributed by atoms with van der Waals surface area (Å²) in [5, 5.41) is 0. The van der Waals surface area contributed by atoms with Gasteiger partial charge in [-0.15, -0.1) is 0 Å². The van der Waals surface area contributed by atoms with Gasteiger partial charge in [0.05, 0.1) is 0 Å². The minimum atomic E-state index is 0.678. The predicted octanol–water partition coefficient (Wildman–Crippen LogP) is 3.55. The van der Waals surface area contributed by atoms with E-state index < -0.39 is 0 Å². The molecule has 1 atom stereocenters. The molecule has 0 aliphatic heterocycles. The molecule has 0 rings (SSSR count). The van der Waals surface area contributed by atoms with Gasteiger partial charge in [-0.3, -0.25) is 0 Å². The third kappa shape index (κ3) is 2.86. The first-order valence-electron chi connectivity index (χ1n) is 4.08. The van der Waals surface area contributed by atoms with Crippen molar-refractivity contribution < 1.29 is 0 Å². The zero-order chi connectivity index (χ0) is 7.98. The highest BCUT2D eigenvalue weighted by Gasteiger charge is 1.99. The Balaban J connectivity index is 4.05. The minimum Gasteiger partial charge on any atom is -0.0988 e. The van der Waals surface area contributed by atoms with Gasteiger partial charge in [-0.2, -0.15) is 0 Å². The van der Waals surface area contributed by atoms with E-state index >= 15 is 0 Å². The Bertz CT molecular complexity index is 120. The third-order valence-electron chi connectivity index (χ3n) is 1.86. The minimum absolute atomic E-state index is 0.678. The molecule has 0 spiro atoms. The van der Waals surface area contributed by atoms with Crippen LogP contribution in [0, 0.1) is 5.92 Å². The molecule has 0 heteroatoms. The van der Waals surface area contributed by atoms with E-state index in [-0.39, 0.29) is 0 Å². The molecule has 0 bridgehead atoms. The Morgan fingerprint density at radius 1 is 1.50 bits per heavy atom. The van der Waals surface area contributed by atoms with Crippen LogP contribution in [0.4, 0.5) is 0 Å². The molecular formula is C10H18. The highest BCUT2D eigenvalue weighted by Crippen LogP contribution is 2.15. The van der Waals surface area contributed by atoms with E-state index in [9.17, 15) is 0 Å². The van der Waals surface area contributed by atoms with E-state index in [1.807, 2.05) is 6.08 Å². The Morgan fingerprint density at radius 3 is 2.40 bits per heavy atom. The molecule has 1 unspecified atom stereocenters. The zero-order valence-electron chi connectivity index (χ0n) is 7.35. The average molecular weight is 138 g/mol. The van der Waals surface area contributed by atoms with E-state index in [4.69, 9.17) is 0 Å². The molecular weight excluding hydrogens is 120 g/mol. The zero-order valence-corrected chi connectivity index (χ0v) is 7.35. The molecule has 0 radical (unpaired) electrons. The van der Waals surface area contributed by atoms with Crippen molar-refractivity contribution in [1.82, 2.24) is 0 Å². The van der Waals surface area contributed by atoms with Gasteiger partial charge < -0.3 is 0 Å². The van der Waals surface area contributed by atoms with Crippen molar-refractivity contribution in [3.05, 3.63) is 24.3 Å². The molecule has 0 heterocycles. The van der Waals surface area contributed by atoms with Gasteiger partial charge in [0.1, 0.15) is 0 Å². The monoisotopic (exact) mass is 138 g/mol. The van der Waals surface area contributed by atoms with Gasteiger partial charge in [-0.25, -0.2) is 0 Å². The van der Waals surface area contributed by atoms with Crippen molar-refractivity contribution in [3.63, 3.8) is 0 Å². The molecule has 0 aromatic carbocycles. The maximum Gasteiger partial charge on any atom is -0.0196 e. The lowest BCUT2D eigenvalue weighted by molar-refractivity contribution is 0.667. The summed E-state index contributed by atoms with van der Waals surface area (Å²) in [5.41, 5.74) is 1.39. The Kier molecular flexibility index (Phi) is 5.00. The van der Waals surface area contributed by atoms with E-state index in [1.54, 1.807) is 0 Å². The van der Waals surface area contributed by atoms with Gasteiger partial charge in [-0.05, 0) is 24.3 Å². The number of rotatable bonds is 4. The van der Waals surface area contributed by atoms with E-state index in [0.29, 0.717) is 5.92 Å². The lowest BCUT2D eigenvalue weighted by Crippen LogP contribution is -1.93. The number of hydrogen-bond donors (Lipinski definition) is 0. The van der Waals surface area contributed by atoms with Crippen LogP contribution in [-0.4, -0.2) is 0 Å². The van der Waals surface area contributed by atoms with Crippen molar-refractivity contribution in [1.29, 1.82) is 0 Å². The largest absolute Gasteiger partial charge is 0.0988 e. The molecule has 0 fully saturated rings. The Hall–Kier alpha value is -0.520. The Labute approximate surface area is 64.6 Å². The van der Waals surface area contributed by atoms with Crippen LogP contribution in [0.25, 0.3) is 0 Å². The third-order valence-corrected chi connectivity index (χ3v) is 1.86. The summed E-state index contributed by atoms with van der Waals surface area (Å²) < 4.78 is 0. The molecule has 0 amide bonds. The topological polar surface area (TPSA) is 0 Å². The fraction of sp³-hybridized carbons (Fsp3) is 0.600. The highest BCUT2D eigenvalue weighted by molar-refractivity contribution is 5.18. The molecule has 0 aromatic heterocycles. The van der Waals surface area contributed by atoms with Gasteiger partial charge in [0.2, 0.25) is 0 Å². The SMILES string of the molecule is C=C/C(=C\CC)C(C)CC. The maximum absolute atomic E-state index is 3.78. The molecule has 0 aromatic rings. The fourth-order valence-corrected chi connectivity index (χ4v) is 0.957. The Morgan fingerprint density at radius 2 is 2.10 bits per heavy atom. The summed E-state index contributed by atoms with van der Waals surface area (Å²) in [4.78, 5) is 0. The molecule has 0 nitrogen and oxygen atoms in total. The van der Waals surface area contributed by atoms with Crippen LogP contribution in [0.5, 0.6) is 0 Å². The lowest BCUT2D eigenvalue weighted by atomic mass is 9.98. The standard InChI is InChI=1S/C10H18/c1-5-8-10(7-3)9(4)6-2/h7-9H,3,5-6H2,1-2,4H3/b10-8+. The van der Waals surface area contributed by atoms with E-state index in [2.05, 4.69) is 33.4 Å². The fourth-order valence-electron chi connectivity index (χ4n) is 0.957. The van der Waals surface area contributed by atoms with Crippen LogP contribution in [-0.2, 0) is 0 Å². The van der Waals surface area contributed by atoms with E-state index in [0.717, 1.165) is 6.42 Å². The highest BCUT2D eigenvalue weighted by atomic mass is 14.1. The summed E-state index contributed by atoms with van der Waals surface area (Å²) in [7, 11) is 0. The second-order valence-corrected chi connectivity index (χ2v) is 2.63. The maximum atomic E-state index is 3.78. The summed E-state index contributed by atoms with van der Waals surface area (Å²) >= 11 is 0. The summed E-state index contributed by atoms with van der Waals surface area (Å²) in [6.45, 7) is 10.4. The van der Waals surface area contributed by atoms with Gasteiger partial charge in [0, 0.05) is 0 Å². The van der Waals surface area contributed by atoms with Crippen LogP contribution < -0.4 is 0 Å². The molecule has 0 aliphatic rings. The van der Waals surface area contributed by atoms with Gasteiger partial charge in [0.15, 0.2) is 0 Å². The summed E-state index contributed by atoms with van der Waals surface area (Å²) in [6.07, 6.45) is 6.54. The average Bonchev–Trinajstić information content (AvgIpc) is 1.99. The molecule has 0 saturated heterocycles. The van der Waals surface area contributed by atoms with Gasteiger partial charge >= 0.3 is 0 Å². The molecule has 0 N–H and O–H groups in total. The number of hydrogen-bond acceptors (Lipinski definition) is 0. The van der Waals surface area contributed by atoms with Crippen LogP contribution in [0.15, 0.2) is 24.3 Å². The molecule has 10 heavy (non-hydrogen) atoms.